The van der Waals surface area contributed by atoms with Gasteiger partial charge in [0.15, 0.2) is 0 Å². The number of carboxylic acids is 2. The minimum Gasteiger partial charge on any atom is -0.481 e. The fourth-order valence-electron chi connectivity index (χ4n) is 3.91. The lowest BCUT2D eigenvalue weighted by Gasteiger charge is -2.44. The first-order chi connectivity index (χ1) is 11.7. The Labute approximate surface area is 146 Å². The number of piperidine rings is 1. The van der Waals surface area contributed by atoms with E-state index in [1.54, 1.807) is 24.8 Å². The molecule has 2 atom stereocenters. The Hall–Kier alpha value is -2.15. The molecule has 0 amide bonds. The van der Waals surface area contributed by atoms with E-state index >= 15 is 0 Å². The van der Waals surface area contributed by atoms with Crippen molar-refractivity contribution in [1.82, 2.24) is 4.98 Å². The molecule has 2 aliphatic rings. The van der Waals surface area contributed by atoms with Gasteiger partial charge < -0.3 is 20.2 Å². The summed E-state index contributed by atoms with van der Waals surface area (Å²) in [5.41, 5.74) is 0.123. The number of hydrogen-bond donors (Lipinski definition) is 3. The zero-order valence-electron chi connectivity index (χ0n) is 14.5. The number of aliphatic hydroxyl groups excluding tert-OH is 1. The number of hydrogen-bond acceptors (Lipinski definition) is 5. The van der Waals surface area contributed by atoms with Crippen molar-refractivity contribution in [2.45, 2.75) is 45.6 Å². The Balaban J connectivity index is 2.01. The van der Waals surface area contributed by atoms with Crippen LogP contribution < -0.4 is 4.90 Å². The van der Waals surface area contributed by atoms with Gasteiger partial charge in [0.05, 0.1) is 6.10 Å². The maximum absolute atomic E-state index is 12.1. The van der Waals surface area contributed by atoms with E-state index < -0.39 is 23.5 Å². The fraction of sp³-hybridized carbons (Fsp3) is 0.611. The van der Waals surface area contributed by atoms with Crippen LogP contribution in [0.2, 0.25) is 0 Å². The van der Waals surface area contributed by atoms with Crippen molar-refractivity contribution < 1.29 is 24.9 Å². The quantitative estimate of drug-likeness (QED) is 0.744. The lowest BCUT2D eigenvalue weighted by atomic mass is 9.73. The third-order valence-electron chi connectivity index (χ3n) is 5.40. The van der Waals surface area contributed by atoms with Crippen molar-refractivity contribution in [1.29, 1.82) is 0 Å². The molecule has 7 nitrogen and oxygen atoms in total. The van der Waals surface area contributed by atoms with E-state index in [9.17, 15) is 24.9 Å². The smallest absolute Gasteiger partial charge is 0.339 e. The van der Waals surface area contributed by atoms with E-state index in [1.165, 1.54) is 0 Å². The molecule has 0 aromatic carbocycles. The van der Waals surface area contributed by atoms with Gasteiger partial charge in [-0.3, -0.25) is 4.79 Å². The largest absolute Gasteiger partial charge is 0.481 e. The number of pyridine rings is 1. The van der Waals surface area contributed by atoms with E-state index in [4.69, 9.17) is 0 Å². The van der Waals surface area contributed by atoms with Gasteiger partial charge in [0.2, 0.25) is 0 Å². The first-order valence-electron chi connectivity index (χ1n) is 8.62. The number of aliphatic hydroxyl groups is 1. The van der Waals surface area contributed by atoms with E-state index in [2.05, 4.69) is 4.98 Å². The van der Waals surface area contributed by atoms with E-state index in [0.717, 1.165) is 12.8 Å². The van der Waals surface area contributed by atoms with Crippen LogP contribution in [0.5, 0.6) is 0 Å². The fourth-order valence-corrected chi connectivity index (χ4v) is 3.91. The van der Waals surface area contributed by atoms with Crippen LogP contribution in [0.15, 0.2) is 6.07 Å². The van der Waals surface area contributed by atoms with Crippen molar-refractivity contribution in [2.75, 3.05) is 18.0 Å². The maximum Gasteiger partial charge on any atom is 0.339 e. The number of aliphatic carboxylic acids is 1. The zero-order chi connectivity index (χ0) is 18.4. The van der Waals surface area contributed by atoms with Crippen LogP contribution >= 0.6 is 0 Å². The number of aryl methyl sites for hydroxylation is 2. The number of rotatable bonds is 5. The molecule has 7 heteroatoms. The summed E-state index contributed by atoms with van der Waals surface area (Å²) in [5, 5.41) is 29.9. The first kappa shape index (κ1) is 17.7. The van der Waals surface area contributed by atoms with Crippen molar-refractivity contribution in [3.63, 3.8) is 0 Å². The Morgan fingerprint density at radius 3 is 2.52 bits per heavy atom. The average Bonchev–Trinajstić information content (AvgIpc) is 3.31. The van der Waals surface area contributed by atoms with E-state index in [1.807, 2.05) is 0 Å². The minimum absolute atomic E-state index is 0.0795. The standard InChI is InChI=1S/C18H24N2O5/c1-10-7-11(2)19-15(14(10)16(22)23)20-6-5-13(21)18(9-20,17(24)25)8-12-3-4-12/h7,12-13,21H,3-6,8-9H2,1-2H3,(H,22,23)(H,24,25)/t13-,18+/m1/s1. The topological polar surface area (TPSA) is 111 Å². The molecule has 0 radical (unpaired) electrons. The Bertz CT molecular complexity index is 716. The van der Waals surface area contributed by atoms with Crippen LogP contribution in [0, 0.1) is 25.2 Å². The molecular weight excluding hydrogens is 324 g/mol. The molecule has 1 aliphatic heterocycles. The lowest BCUT2D eigenvalue weighted by molar-refractivity contribution is -0.158. The molecule has 3 N–H and O–H groups in total. The summed E-state index contributed by atoms with van der Waals surface area (Å²) in [7, 11) is 0. The molecule has 2 fully saturated rings. The second-order valence-electron chi connectivity index (χ2n) is 7.42. The van der Waals surface area contributed by atoms with Gasteiger partial charge in [-0.15, -0.1) is 0 Å². The second-order valence-corrected chi connectivity index (χ2v) is 7.42. The molecule has 1 saturated carbocycles. The van der Waals surface area contributed by atoms with Crippen LogP contribution in [0.25, 0.3) is 0 Å². The van der Waals surface area contributed by atoms with Gasteiger partial charge in [0.1, 0.15) is 16.8 Å². The van der Waals surface area contributed by atoms with Crippen LogP contribution in [0.4, 0.5) is 5.82 Å². The summed E-state index contributed by atoms with van der Waals surface area (Å²) in [5.74, 6) is -1.46. The molecule has 1 aromatic heterocycles. The molecule has 0 unspecified atom stereocenters. The minimum atomic E-state index is -1.27. The number of aromatic carboxylic acids is 1. The molecule has 3 rings (SSSR count). The van der Waals surface area contributed by atoms with E-state index in [0.29, 0.717) is 36.0 Å². The Morgan fingerprint density at radius 2 is 1.96 bits per heavy atom. The monoisotopic (exact) mass is 348 g/mol. The summed E-state index contributed by atoms with van der Waals surface area (Å²) in [6.07, 6.45) is 1.76. The van der Waals surface area contributed by atoms with Gasteiger partial charge in [-0.2, -0.15) is 0 Å². The van der Waals surface area contributed by atoms with Crippen LogP contribution in [0.1, 0.15) is 47.3 Å². The van der Waals surface area contributed by atoms with Gasteiger partial charge in [0.25, 0.3) is 0 Å². The summed E-state index contributed by atoms with van der Waals surface area (Å²) < 4.78 is 0. The SMILES string of the molecule is Cc1cc(C)c(C(=O)O)c(N2CC[C@@H](O)[C@@](CC3CC3)(C(=O)O)C2)n1. The van der Waals surface area contributed by atoms with Crippen molar-refractivity contribution in [2.24, 2.45) is 11.3 Å². The third-order valence-corrected chi connectivity index (χ3v) is 5.40. The summed E-state index contributed by atoms with van der Waals surface area (Å²) >= 11 is 0. The molecule has 2 heterocycles. The van der Waals surface area contributed by atoms with Crippen molar-refractivity contribution in [3.8, 4) is 0 Å². The molecule has 1 aromatic rings. The van der Waals surface area contributed by atoms with Gasteiger partial charge in [0, 0.05) is 18.8 Å². The van der Waals surface area contributed by atoms with Gasteiger partial charge in [-0.05, 0) is 44.2 Å². The first-order valence-corrected chi connectivity index (χ1v) is 8.62. The predicted octanol–water partition coefficient (Wildman–Crippen LogP) is 1.84. The third kappa shape index (κ3) is 3.20. The molecule has 1 saturated heterocycles. The number of aromatic nitrogens is 1. The van der Waals surface area contributed by atoms with Crippen LogP contribution in [-0.4, -0.2) is 51.4 Å². The van der Waals surface area contributed by atoms with E-state index in [-0.39, 0.29) is 18.5 Å². The van der Waals surface area contributed by atoms with Gasteiger partial charge in [-0.25, -0.2) is 9.78 Å². The normalized spacial score (nSPS) is 26.5. The van der Waals surface area contributed by atoms with Gasteiger partial charge in [-0.1, -0.05) is 12.8 Å². The predicted molar refractivity (Wildman–Crippen MR) is 90.9 cm³/mol. The number of carboxylic acid groups (broad SMARTS) is 2. The van der Waals surface area contributed by atoms with Gasteiger partial charge >= 0.3 is 11.9 Å². The Kier molecular flexibility index (Phi) is 4.45. The molecule has 25 heavy (non-hydrogen) atoms. The lowest BCUT2D eigenvalue weighted by Crippen LogP contribution is -2.56. The van der Waals surface area contributed by atoms with Crippen LogP contribution in [-0.2, 0) is 4.79 Å². The van der Waals surface area contributed by atoms with Crippen LogP contribution in [0.3, 0.4) is 0 Å². The molecule has 0 spiro atoms. The number of carbonyl (C=O) groups is 2. The zero-order valence-corrected chi connectivity index (χ0v) is 14.5. The highest BCUT2D eigenvalue weighted by Crippen LogP contribution is 2.46. The molecular formula is C18H24N2O5. The highest BCUT2D eigenvalue weighted by molar-refractivity contribution is 5.95. The van der Waals surface area contributed by atoms with Crippen molar-refractivity contribution >= 4 is 17.8 Å². The molecule has 0 bridgehead atoms. The van der Waals surface area contributed by atoms with Crippen molar-refractivity contribution in [3.05, 3.63) is 22.9 Å². The molecule has 136 valence electrons. The second kappa shape index (κ2) is 6.29. The summed E-state index contributed by atoms with van der Waals surface area (Å²) in [4.78, 5) is 29.9. The summed E-state index contributed by atoms with van der Waals surface area (Å²) in [6.45, 7) is 3.97. The number of nitrogens with zero attached hydrogens (tertiary/aromatic N) is 2. The number of anilines is 1. The Morgan fingerprint density at radius 1 is 1.28 bits per heavy atom. The maximum atomic E-state index is 12.1. The molecule has 1 aliphatic carbocycles. The highest BCUT2D eigenvalue weighted by Gasteiger charge is 2.52. The highest BCUT2D eigenvalue weighted by atomic mass is 16.4. The average molecular weight is 348 g/mol. The summed E-state index contributed by atoms with van der Waals surface area (Å²) in [6, 6.07) is 1.71.